The minimum atomic E-state index is -0.362. The van der Waals surface area contributed by atoms with Gasteiger partial charge in [-0.15, -0.1) is 0 Å². The maximum atomic E-state index is 10.1. The molecule has 1 fully saturated rings. The molecule has 3 unspecified atom stereocenters. The van der Waals surface area contributed by atoms with Crippen molar-refractivity contribution >= 4 is 0 Å². The Bertz CT molecular complexity index is 425. The summed E-state index contributed by atoms with van der Waals surface area (Å²) in [6.07, 6.45) is 6.85. The highest BCUT2D eigenvalue weighted by molar-refractivity contribution is 5.27. The number of nitrogens with zero attached hydrogens (tertiary/aromatic N) is 2. The van der Waals surface area contributed by atoms with Gasteiger partial charge < -0.3 is 5.11 Å². The number of aromatic nitrogens is 2. The Labute approximate surface area is 117 Å². The zero-order chi connectivity index (χ0) is 14.0. The Morgan fingerprint density at radius 1 is 1.32 bits per heavy atom. The van der Waals surface area contributed by atoms with E-state index in [-0.39, 0.29) is 6.10 Å². The first-order valence-electron chi connectivity index (χ1n) is 7.82. The molecule has 0 amide bonds. The van der Waals surface area contributed by atoms with Crippen molar-refractivity contribution in [3.63, 3.8) is 0 Å². The van der Waals surface area contributed by atoms with Crippen molar-refractivity contribution in [2.45, 2.75) is 78.4 Å². The third-order valence-electron chi connectivity index (χ3n) is 4.78. The van der Waals surface area contributed by atoms with Crippen LogP contribution in [0.2, 0.25) is 0 Å². The molecule has 0 spiro atoms. The van der Waals surface area contributed by atoms with Gasteiger partial charge in [0.1, 0.15) is 0 Å². The Kier molecular flexibility index (Phi) is 4.67. The molecule has 0 radical (unpaired) electrons. The molecule has 108 valence electrons. The predicted octanol–water partition coefficient (Wildman–Crippen LogP) is 4.08. The first-order valence-corrected chi connectivity index (χ1v) is 7.82. The van der Waals surface area contributed by atoms with Gasteiger partial charge in [0.25, 0.3) is 0 Å². The molecule has 1 aromatic rings. The van der Waals surface area contributed by atoms with E-state index in [2.05, 4.69) is 18.5 Å². The molecule has 1 aliphatic carbocycles. The summed E-state index contributed by atoms with van der Waals surface area (Å²) in [5.74, 6) is 0.849. The topological polar surface area (TPSA) is 38.0 Å². The lowest BCUT2D eigenvalue weighted by Gasteiger charge is -2.29. The van der Waals surface area contributed by atoms with Crippen LogP contribution in [-0.2, 0) is 0 Å². The largest absolute Gasteiger partial charge is 0.388 e. The lowest BCUT2D eigenvalue weighted by Crippen LogP contribution is -2.21. The van der Waals surface area contributed by atoms with Crippen LogP contribution in [-0.4, -0.2) is 14.9 Å². The fraction of sp³-hybridized carbons (Fsp3) is 0.812. The van der Waals surface area contributed by atoms with E-state index in [4.69, 9.17) is 5.10 Å². The molecule has 3 atom stereocenters. The highest BCUT2D eigenvalue weighted by atomic mass is 16.3. The second kappa shape index (κ2) is 6.08. The van der Waals surface area contributed by atoms with Gasteiger partial charge in [-0.2, -0.15) is 5.10 Å². The molecular weight excluding hydrogens is 236 g/mol. The smallest absolute Gasteiger partial charge is 0.0823 e. The molecule has 3 heteroatoms. The summed E-state index contributed by atoms with van der Waals surface area (Å²) in [5, 5.41) is 14.9. The SMILES string of the molecule is CCC1CCCC(n2nc(C)c(C(O)CC)c2C)C1. The van der Waals surface area contributed by atoms with E-state index >= 15 is 0 Å². The van der Waals surface area contributed by atoms with Gasteiger partial charge in [-0.3, -0.25) is 4.68 Å². The molecule has 1 aromatic heterocycles. The van der Waals surface area contributed by atoms with Crippen molar-refractivity contribution in [3.8, 4) is 0 Å². The number of hydrogen-bond acceptors (Lipinski definition) is 2. The summed E-state index contributed by atoms with van der Waals surface area (Å²) >= 11 is 0. The van der Waals surface area contributed by atoms with Crippen molar-refractivity contribution in [1.82, 2.24) is 9.78 Å². The Morgan fingerprint density at radius 3 is 2.68 bits per heavy atom. The average molecular weight is 264 g/mol. The normalized spacial score (nSPS) is 25.5. The van der Waals surface area contributed by atoms with Crippen molar-refractivity contribution in [1.29, 1.82) is 0 Å². The molecule has 1 N–H and O–H groups in total. The molecule has 0 aliphatic heterocycles. The summed E-state index contributed by atoms with van der Waals surface area (Å²) in [7, 11) is 0. The van der Waals surface area contributed by atoms with Crippen LogP contribution in [0.1, 0.15) is 81.5 Å². The summed E-state index contributed by atoms with van der Waals surface area (Å²) < 4.78 is 2.20. The minimum absolute atomic E-state index is 0.362. The van der Waals surface area contributed by atoms with E-state index in [9.17, 15) is 5.11 Å². The molecule has 19 heavy (non-hydrogen) atoms. The van der Waals surface area contributed by atoms with Crippen molar-refractivity contribution in [3.05, 3.63) is 17.0 Å². The van der Waals surface area contributed by atoms with Crippen LogP contribution >= 0.6 is 0 Å². The van der Waals surface area contributed by atoms with E-state index in [0.29, 0.717) is 6.04 Å². The number of aliphatic hydroxyl groups excluding tert-OH is 1. The molecule has 1 saturated carbocycles. The first-order chi connectivity index (χ1) is 9.08. The second-order valence-electron chi connectivity index (χ2n) is 6.05. The fourth-order valence-electron chi connectivity index (χ4n) is 3.57. The summed E-state index contributed by atoms with van der Waals surface area (Å²) in [6, 6.07) is 0.537. The maximum Gasteiger partial charge on any atom is 0.0823 e. The Hall–Kier alpha value is -0.830. The van der Waals surface area contributed by atoms with Gasteiger partial charge in [-0.25, -0.2) is 0 Å². The molecule has 0 bridgehead atoms. The number of rotatable bonds is 4. The highest BCUT2D eigenvalue weighted by Crippen LogP contribution is 2.36. The lowest BCUT2D eigenvalue weighted by atomic mass is 9.84. The van der Waals surface area contributed by atoms with Crippen LogP contribution in [0.15, 0.2) is 0 Å². The van der Waals surface area contributed by atoms with Gasteiger partial charge in [0.05, 0.1) is 17.8 Å². The van der Waals surface area contributed by atoms with Gasteiger partial charge in [0.15, 0.2) is 0 Å². The molecule has 1 aliphatic rings. The summed E-state index contributed by atoms with van der Waals surface area (Å²) in [5.41, 5.74) is 3.24. The van der Waals surface area contributed by atoms with Crippen LogP contribution in [0, 0.1) is 19.8 Å². The summed E-state index contributed by atoms with van der Waals surface area (Å²) in [4.78, 5) is 0. The molecule has 0 aromatic carbocycles. The summed E-state index contributed by atoms with van der Waals surface area (Å²) in [6.45, 7) is 8.46. The van der Waals surface area contributed by atoms with Gasteiger partial charge in [0, 0.05) is 11.3 Å². The maximum absolute atomic E-state index is 10.1. The number of aliphatic hydroxyl groups is 1. The van der Waals surface area contributed by atoms with Crippen LogP contribution in [0.3, 0.4) is 0 Å². The molecule has 3 nitrogen and oxygen atoms in total. The molecule has 0 saturated heterocycles. The zero-order valence-electron chi connectivity index (χ0n) is 12.8. The Morgan fingerprint density at radius 2 is 2.05 bits per heavy atom. The minimum Gasteiger partial charge on any atom is -0.388 e. The van der Waals surface area contributed by atoms with Gasteiger partial charge in [0.2, 0.25) is 0 Å². The highest BCUT2D eigenvalue weighted by Gasteiger charge is 2.26. The van der Waals surface area contributed by atoms with E-state index in [0.717, 1.165) is 23.6 Å². The van der Waals surface area contributed by atoms with E-state index in [1.807, 2.05) is 13.8 Å². The van der Waals surface area contributed by atoms with Gasteiger partial charge >= 0.3 is 0 Å². The van der Waals surface area contributed by atoms with Gasteiger partial charge in [-0.05, 0) is 39.0 Å². The predicted molar refractivity (Wildman–Crippen MR) is 78.2 cm³/mol. The average Bonchev–Trinajstić information content (AvgIpc) is 2.73. The van der Waals surface area contributed by atoms with Crippen molar-refractivity contribution < 1.29 is 5.11 Å². The van der Waals surface area contributed by atoms with Crippen LogP contribution < -0.4 is 0 Å². The van der Waals surface area contributed by atoms with Crippen LogP contribution in [0.5, 0.6) is 0 Å². The standard InChI is InChI=1S/C16H28N2O/c1-5-13-8-7-9-14(10-13)18-12(4)16(11(3)17-18)15(19)6-2/h13-15,19H,5-10H2,1-4H3. The van der Waals surface area contributed by atoms with E-state index in [1.54, 1.807) is 0 Å². The number of hydrogen-bond donors (Lipinski definition) is 1. The monoisotopic (exact) mass is 264 g/mol. The molecule has 1 heterocycles. The quantitative estimate of drug-likeness (QED) is 0.889. The Balaban J connectivity index is 2.25. The van der Waals surface area contributed by atoms with E-state index in [1.165, 1.54) is 37.8 Å². The first kappa shape index (κ1) is 14.6. The van der Waals surface area contributed by atoms with E-state index < -0.39 is 0 Å². The third-order valence-corrected chi connectivity index (χ3v) is 4.78. The third kappa shape index (κ3) is 2.86. The van der Waals surface area contributed by atoms with Crippen LogP contribution in [0.4, 0.5) is 0 Å². The fourth-order valence-corrected chi connectivity index (χ4v) is 3.57. The molecular formula is C16H28N2O. The molecule has 2 rings (SSSR count). The van der Waals surface area contributed by atoms with Crippen LogP contribution in [0.25, 0.3) is 0 Å². The zero-order valence-corrected chi connectivity index (χ0v) is 12.8. The van der Waals surface area contributed by atoms with Gasteiger partial charge in [-0.1, -0.05) is 33.1 Å². The lowest BCUT2D eigenvalue weighted by molar-refractivity contribution is 0.171. The van der Waals surface area contributed by atoms with Crippen molar-refractivity contribution in [2.75, 3.05) is 0 Å². The van der Waals surface area contributed by atoms with Crippen molar-refractivity contribution in [2.24, 2.45) is 5.92 Å². The number of aryl methyl sites for hydroxylation is 1. The second-order valence-corrected chi connectivity index (χ2v) is 6.05.